The molecule has 1 atom stereocenters. The van der Waals surface area contributed by atoms with E-state index in [2.05, 4.69) is 4.72 Å². The lowest BCUT2D eigenvalue weighted by Gasteiger charge is -2.23. The number of benzene rings is 2. The molecule has 0 saturated carbocycles. The fourth-order valence-electron chi connectivity index (χ4n) is 3.54. The quantitative estimate of drug-likeness (QED) is 0.533. The number of nitrogens with zero attached hydrogens (tertiary/aromatic N) is 1. The van der Waals surface area contributed by atoms with Gasteiger partial charge in [-0.3, -0.25) is 4.79 Å². The molecule has 1 aliphatic rings. The molecule has 0 fully saturated rings. The lowest BCUT2D eigenvalue weighted by Crippen LogP contribution is -2.50. The van der Waals surface area contributed by atoms with Gasteiger partial charge in [-0.15, -0.1) is 0 Å². The maximum atomic E-state index is 12.7. The normalized spacial score (nSPS) is 13.9. The molecule has 0 aromatic heterocycles. The van der Waals surface area contributed by atoms with Crippen LogP contribution in [0.5, 0.6) is 0 Å². The minimum atomic E-state index is -4.31. The molecular weight excluding hydrogens is 422 g/mol. The first-order chi connectivity index (χ1) is 14.8. The van der Waals surface area contributed by atoms with Crippen LogP contribution in [0.15, 0.2) is 48.5 Å². The number of carbonyl (C=O) groups is 2. The highest BCUT2D eigenvalue weighted by Gasteiger charge is 2.32. The first-order valence-corrected chi connectivity index (χ1v) is 11.3. The Morgan fingerprint density at radius 2 is 1.68 bits per heavy atom. The first kappa shape index (κ1) is 22.7. The van der Waals surface area contributed by atoms with Crippen LogP contribution < -0.4 is 10.5 Å². The lowest BCUT2D eigenvalue weighted by atomic mass is 9.98. The Labute approximate surface area is 181 Å². The van der Waals surface area contributed by atoms with Crippen molar-refractivity contribution in [2.45, 2.75) is 25.3 Å². The van der Waals surface area contributed by atoms with Gasteiger partial charge >= 0.3 is 22.3 Å². The van der Waals surface area contributed by atoms with Crippen LogP contribution >= 0.6 is 0 Å². The molecule has 10 heteroatoms. The molecule has 1 amide bonds. The summed E-state index contributed by atoms with van der Waals surface area (Å²) in [7, 11) is -4.31. The second kappa shape index (κ2) is 9.46. The van der Waals surface area contributed by atoms with Crippen LogP contribution in [0.1, 0.15) is 30.4 Å². The summed E-state index contributed by atoms with van der Waals surface area (Å²) in [6.45, 7) is 1.02. The summed E-state index contributed by atoms with van der Waals surface area (Å²) in [6, 6.07) is 14.2. The van der Waals surface area contributed by atoms with Crippen molar-refractivity contribution in [2.24, 2.45) is 5.73 Å². The zero-order chi connectivity index (χ0) is 22.6. The van der Waals surface area contributed by atoms with E-state index in [9.17, 15) is 18.0 Å². The van der Waals surface area contributed by atoms with Crippen LogP contribution in [0, 0.1) is 0 Å². The Morgan fingerprint density at radius 3 is 2.19 bits per heavy atom. The van der Waals surface area contributed by atoms with Crippen LogP contribution in [0.25, 0.3) is 11.1 Å². The number of hydrogen-bond donors (Lipinski definition) is 3. The number of rotatable bonds is 9. The van der Waals surface area contributed by atoms with Gasteiger partial charge in [0.25, 0.3) is 0 Å². The number of aliphatic carboxylic acids is 1. The fourth-order valence-corrected chi connectivity index (χ4v) is 4.76. The maximum absolute atomic E-state index is 12.7. The van der Waals surface area contributed by atoms with Crippen molar-refractivity contribution < 1.29 is 27.9 Å². The third-order valence-corrected chi connectivity index (χ3v) is 6.50. The summed E-state index contributed by atoms with van der Waals surface area (Å²) in [5.41, 5.74) is 9.47. The molecule has 3 rings (SSSR count). The van der Waals surface area contributed by atoms with E-state index >= 15 is 0 Å². The van der Waals surface area contributed by atoms with Gasteiger partial charge in [-0.25, -0.2) is 4.79 Å². The third-order valence-electron chi connectivity index (χ3n) is 5.06. The number of nitrogens with one attached hydrogen (secondary N) is 1. The number of carbonyl (C=O) groups excluding carboxylic acids is 1. The number of carboxylic acid groups (broad SMARTS) is 1. The summed E-state index contributed by atoms with van der Waals surface area (Å²) in [5, 5.41) is 8.83. The lowest BCUT2D eigenvalue weighted by molar-refractivity contribution is -0.138. The molecule has 0 unspecified atom stereocenters. The molecule has 0 aliphatic heterocycles. The maximum Gasteiger partial charge on any atom is 0.424 e. The SMILES string of the molecule is CCCN(C(=O)OCC1c2ccccc2-c2ccccc21)S(=O)(=O)NC[C@H](N)C(=O)O. The minimum Gasteiger partial charge on any atom is -0.480 e. The second-order valence-electron chi connectivity index (χ2n) is 7.17. The van der Waals surface area contributed by atoms with Gasteiger partial charge in [-0.05, 0) is 28.7 Å². The Balaban J connectivity index is 1.74. The van der Waals surface area contributed by atoms with Crippen molar-refractivity contribution in [1.29, 1.82) is 0 Å². The van der Waals surface area contributed by atoms with Crippen LogP contribution in [-0.4, -0.2) is 55.6 Å². The van der Waals surface area contributed by atoms with Crippen LogP contribution in [0.3, 0.4) is 0 Å². The smallest absolute Gasteiger partial charge is 0.424 e. The van der Waals surface area contributed by atoms with Crippen molar-refractivity contribution >= 4 is 22.3 Å². The van der Waals surface area contributed by atoms with Gasteiger partial charge in [0.05, 0.1) is 0 Å². The largest absolute Gasteiger partial charge is 0.480 e. The average molecular weight is 448 g/mol. The van der Waals surface area contributed by atoms with Gasteiger partial charge < -0.3 is 15.6 Å². The van der Waals surface area contributed by atoms with Gasteiger partial charge in [0.15, 0.2) is 0 Å². The molecule has 31 heavy (non-hydrogen) atoms. The highest BCUT2D eigenvalue weighted by molar-refractivity contribution is 7.87. The molecular formula is C21H25N3O6S. The zero-order valence-electron chi connectivity index (χ0n) is 17.0. The zero-order valence-corrected chi connectivity index (χ0v) is 17.8. The van der Waals surface area contributed by atoms with Crippen molar-refractivity contribution in [3.05, 3.63) is 59.7 Å². The van der Waals surface area contributed by atoms with Gasteiger partial charge in [0.2, 0.25) is 0 Å². The molecule has 166 valence electrons. The molecule has 0 saturated heterocycles. The molecule has 9 nitrogen and oxygen atoms in total. The second-order valence-corrected chi connectivity index (χ2v) is 8.85. The summed E-state index contributed by atoms with van der Waals surface area (Å²) >= 11 is 0. The number of fused-ring (bicyclic) bond motifs is 3. The molecule has 1 aliphatic carbocycles. The molecule has 4 N–H and O–H groups in total. The van der Waals surface area contributed by atoms with Crippen LogP contribution in [-0.2, 0) is 19.7 Å². The first-order valence-electron chi connectivity index (χ1n) is 9.87. The van der Waals surface area contributed by atoms with Crippen molar-refractivity contribution in [3.63, 3.8) is 0 Å². The van der Waals surface area contributed by atoms with Crippen LogP contribution in [0.2, 0.25) is 0 Å². The van der Waals surface area contributed by atoms with E-state index in [1.165, 1.54) is 0 Å². The minimum absolute atomic E-state index is 0.0305. The van der Waals surface area contributed by atoms with E-state index in [-0.39, 0.29) is 19.1 Å². The third kappa shape index (κ3) is 4.87. The van der Waals surface area contributed by atoms with Crippen molar-refractivity contribution in [1.82, 2.24) is 9.03 Å². The Kier molecular flexibility index (Phi) is 6.94. The topological polar surface area (TPSA) is 139 Å². The molecule has 0 radical (unpaired) electrons. The van der Waals surface area contributed by atoms with Crippen molar-refractivity contribution in [2.75, 3.05) is 19.7 Å². The van der Waals surface area contributed by atoms with Crippen LogP contribution in [0.4, 0.5) is 4.79 Å². The Bertz CT molecular complexity index is 1030. The number of carboxylic acids is 1. The highest BCUT2D eigenvalue weighted by Crippen LogP contribution is 2.44. The summed E-state index contributed by atoms with van der Waals surface area (Å²) in [5.74, 6) is -1.57. The predicted octanol–water partition coefficient (Wildman–Crippen LogP) is 1.89. The van der Waals surface area contributed by atoms with E-state index in [0.717, 1.165) is 22.3 Å². The monoisotopic (exact) mass is 447 g/mol. The molecule has 0 heterocycles. The summed E-state index contributed by atoms with van der Waals surface area (Å²) < 4.78 is 33.1. The van der Waals surface area contributed by atoms with Gasteiger partial charge in [-0.2, -0.15) is 17.4 Å². The van der Waals surface area contributed by atoms with E-state index in [1.54, 1.807) is 6.92 Å². The fraction of sp³-hybridized carbons (Fsp3) is 0.333. The van der Waals surface area contributed by atoms with Gasteiger partial charge in [-0.1, -0.05) is 55.5 Å². The summed E-state index contributed by atoms with van der Waals surface area (Å²) in [6.07, 6.45) is -0.670. The van der Waals surface area contributed by atoms with Gasteiger partial charge in [0.1, 0.15) is 12.6 Å². The molecule has 2 aromatic rings. The Hall–Kier alpha value is -2.95. The standard InChI is InChI=1S/C21H25N3O6S/c1-2-11-24(31(28,29)23-12-19(22)20(25)26)21(27)30-13-18-16-9-5-3-7-14(16)15-8-4-6-10-17(15)18/h3-10,18-19,23H,2,11-13,22H2,1H3,(H,25,26)/t19-/m0/s1. The molecule has 0 spiro atoms. The van der Waals surface area contributed by atoms with E-state index < -0.39 is 34.9 Å². The molecule has 2 aromatic carbocycles. The van der Waals surface area contributed by atoms with E-state index in [4.69, 9.17) is 15.6 Å². The highest BCUT2D eigenvalue weighted by atomic mass is 32.2. The van der Waals surface area contributed by atoms with Crippen molar-refractivity contribution in [3.8, 4) is 11.1 Å². The number of amides is 1. The Morgan fingerprint density at radius 1 is 1.13 bits per heavy atom. The predicted molar refractivity (Wildman–Crippen MR) is 115 cm³/mol. The summed E-state index contributed by atoms with van der Waals surface area (Å²) in [4.78, 5) is 23.5. The van der Waals surface area contributed by atoms with E-state index in [0.29, 0.717) is 10.7 Å². The number of ether oxygens (including phenoxy) is 1. The molecule has 0 bridgehead atoms. The average Bonchev–Trinajstić information content (AvgIpc) is 3.07. The van der Waals surface area contributed by atoms with E-state index in [1.807, 2.05) is 48.5 Å². The van der Waals surface area contributed by atoms with Gasteiger partial charge in [0, 0.05) is 19.0 Å². The number of hydrogen-bond acceptors (Lipinski definition) is 6. The number of nitrogens with two attached hydrogens (primary N) is 1.